The second-order valence-corrected chi connectivity index (χ2v) is 4.77. The van der Waals surface area contributed by atoms with Crippen LogP contribution < -0.4 is 5.32 Å². The Hall–Kier alpha value is -2.09. The summed E-state index contributed by atoms with van der Waals surface area (Å²) in [5, 5.41) is 15.7. The lowest BCUT2D eigenvalue weighted by Gasteiger charge is -2.15. The largest absolute Gasteiger partial charge is 0.335 e. The summed E-state index contributed by atoms with van der Waals surface area (Å²) >= 11 is 0. The van der Waals surface area contributed by atoms with Gasteiger partial charge in [-0.25, -0.2) is 0 Å². The molecule has 0 bridgehead atoms. The maximum absolute atomic E-state index is 11.6. The summed E-state index contributed by atoms with van der Waals surface area (Å²) in [6.45, 7) is 7.14. The topological polar surface area (TPSA) is 70.7 Å². The van der Waals surface area contributed by atoms with E-state index in [1.807, 2.05) is 27.0 Å². The summed E-state index contributed by atoms with van der Waals surface area (Å²) in [5.41, 5.74) is 1.94. The first-order chi connectivity index (χ1) is 8.26. The molecule has 18 heavy (non-hydrogen) atoms. The summed E-state index contributed by atoms with van der Waals surface area (Å²) in [5.74, 6) is -0.288. The molecule has 1 N–H and O–H groups in total. The van der Waals surface area contributed by atoms with Crippen LogP contribution in [0.2, 0.25) is 0 Å². The molecule has 0 saturated carbocycles. The number of nitrogens with zero attached hydrogens (tertiary/aromatic N) is 3. The molecule has 5 heteroatoms. The maximum atomic E-state index is 11.6. The van der Waals surface area contributed by atoms with Gasteiger partial charge in [-0.3, -0.25) is 9.48 Å². The highest BCUT2D eigenvalue weighted by atomic mass is 16.1. The number of aryl methyl sites for hydroxylation is 2. The summed E-state index contributed by atoms with van der Waals surface area (Å²) in [6.07, 6.45) is 3.15. The monoisotopic (exact) mass is 246 g/mol. The van der Waals surface area contributed by atoms with E-state index in [0.29, 0.717) is 0 Å². The molecule has 0 saturated heterocycles. The van der Waals surface area contributed by atoms with E-state index in [1.165, 1.54) is 6.08 Å². The highest BCUT2D eigenvalue weighted by Gasteiger charge is 2.17. The Bertz CT molecular complexity index is 532. The van der Waals surface area contributed by atoms with Crippen molar-refractivity contribution in [3.8, 4) is 6.07 Å². The lowest BCUT2D eigenvalue weighted by atomic mass is 10.1. The molecule has 0 aromatic carbocycles. The lowest BCUT2D eigenvalue weighted by Crippen LogP contribution is -2.41. The quantitative estimate of drug-likeness (QED) is 0.821. The normalized spacial score (nSPS) is 11.6. The zero-order chi connectivity index (χ0) is 13.9. The van der Waals surface area contributed by atoms with Gasteiger partial charge >= 0.3 is 0 Å². The number of hydrogen-bond donors (Lipinski definition) is 1. The Labute approximate surface area is 107 Å². The number of nitrogens with one attached hydrogen (secondary N) is 1. The fraction of sp³-hybridized carbons (Fsp3) is 0.462. The Morgan fingerprint density at radius 2 is 2.11 bits per heavy atom. The number of aromatic nitrogens is 2. The van der Waals surface area contributed by atoms with E-state index in [1.54, 1.807) is 24.6 Å². The van der Waals surface area contributed by atoms with E-state index in [-0.39, 0.29) is 5.91 Å². The van der Waals surface area contributed by atoms with Crippen LogP contribution in [0.25, 0.3) is 6.08 Å². The Balaban J connectivity index is 2.82. The van der Waals surface area contributed by atoms with Crippen LogP contribution in [0.15, 0.2) is 6.08 Å². The van der Waals surface area contributed by atoms with Crippen molar-refractivity contribution in [3.05, 3.63) is 23.0 Å². The molecular weight excluding hydrogens is 228 g/mol. The van der Waals surface area contributed by atoms with Crippen LogP contribution in [-0.2, 0) is 11.8 Å². The molecule has 1 amide bonds. The first kappa shape index (κ1) is 14.0. The van der Waals surface area contributed by atoms with E-state index in [9.17, 15) is 4.79 Å². The highest BCUT2D eigenvalue weighted by Crippen LogP contribution is 2.13. The van der Waals surface area contributed by atoms with Crippen LogP contribution in [0.5, 0.6) is 0 Å². The van der Waals surface area contributed by atoms with Crippen molar-refractivity contribution in [3.63, 3.8) is 0 Å². The summed E-state index contributed by atoms with van der Waals surface area (Å²) in [4.78, 5) is 11.6. The molecule has 0 unspecified atom stereocenters. The van der Waals surface area contributed by atoms with Crippen LogP contribution in [0.4, 0.5) is 0 Å². The van der Waals surface area contributed by atoms with E-state index in [2.05, 4.69) is 10.4 Å². The molecule has 0 radical (unpaired) electrons. The third-order valence-electron chi connectivity index (χ3n) is 2.68. The average Bonchev–Trinajstić information content (AvgIpc) is 2.50. The van der Waals surface area contributed by atoms with Crippen LogP contribution in [0.3, 0.4) is 0 Å². The molecule has 1 rings (SSSR count). The zero-order valence-corrected chi connectivity index (χ0v) is 11.4. The molecule has 0 fully saturated rings. The van der Waals surface area contributed by atoms with Crippen LogP contribution >= 0.6 is 0 Å². The molecule has 0 atom stereocenters. The minimum absolute atomic E-state index is 0.288. The van der Waals surface area contributed by atoms with Gasteiger partial charge in [0.15, 0.2) is 0 Å². The van der Waals surface area contributed by atoms with Crippen molar-refractivity contribution in [2.45, 2.75) is 33.2 Å². The molecule has 0 aliphatic heterocycles. The van der Waals surface area contributed by atoms with E-state index >= 15 is 0 Å². The zero-order valence-electron chi connectivity index (χ0n) is 11.4. The van der Waals surface area contributed by atoms with Crippen LogP contribution in [0.1, 0.15) is 30.8 Å². The van der Waals surface area contributed by atoms with Crippen molar-refractivity contribution in [2.75, 3.05) is 0 Å². The van der Waals surface area contributed by atoms with Crippen molar-refractivity contribution in [1.82, 2.24) is 15.1 Å². The van der Waals surface area contributed by atoms with Gasteiger partial charge in [-0.1, -0.05) is 0 Å². The molecule has 96 valence electrons. The maximum Gasteiger partial charge on any atom is 0.245 e. The smallest absolute Gasteiger partial charge is 0.245 e. The van der Waals surface area contributed by atoms with Crippen molar-refractivity contribution in [2.24, 2.45) is 7.05 Å². The highest BCUT2D eigenvalue weighted by molar-refractivity contribution is 5.92. The number of nitriles is 1. The number of hydrogen-bond acceptors (Lipinski definition) is 3. The Morgan fingerprint density at radius 1 is 1.50 bits per heavy atom. The minimum Gasteiger partial charge on any atom is -0.335 e. The predicted octanol–water partition coefficient (Wildman–Crippen LogP) is 1.47. The third kappa shape index (κ3) is 3.20. The van der Waals surface area contributed by atoms with Crippen molar-refractivity contribution >= 4 is 12.0 Å². The molecule has 0 aliphatic carbocycles. The fourth-order valence-corrected chi connectivity index (χ4v) is 1.57. The van der Waals surface area contributed by atoms with E-state index < -0.39 is 5.54 Å². The molecule has 0 spiro atoms. The summed E-state index contributed by atoms with van der Waals surface area (Å²) in [6, 6.07) is 2.01. The molecule has 1 aromatic heterocycles. The molecule has 1 heterocycles. The second kappa shape index (κ2) is 5.05. The number of carbonyl (C=O) groups is 1. The summed E-state index contributed by atoms with van der Waals surface area (Å²) < 4.78 is 1.77. The van der Waals surface area contributed by atoms with Gasteiger partial charge in [0.2, 0.25) is 5.91 Å². The molecule has 5 nitrogen and oxygen atoms in total. The van der Waals surface area contributed by atoms with Crippen LogP contribution in [0, 0.1) is 25.2 Å². The van der Waals surface area contributed by atoms with Crippen molar-refractivity contribution < 1.29 is 4.79 Å². The Kier molecular flexibility index (Phi) is 3.92. The van der Waals surface area contributed by atoms with Gasteiger partial charge in [0.1, 0.15) is 5.54 Å². The molecular formula is C13H18N4O. The molecule has 0 aliphatic rings. The van der Waals surface area contributed by atoms with Gasteiger partial charge in [0, 0.05) is 24.4 Å². The van der Waals surface area contributed by atoms with Gasteiger partial charge in [0.25, 0.3) is 0 Å². The second-order valence-electron chi connectivity index (χ2n) is 4.77. The number of carbonyl (C=O) groups excluding carboxylic acids is 1. The van der Waals surface area contributed by atoms with E-state index in [0.717, 1.165) is 17.0 Å². The first-order valence-electron chi connectivity index (χ1n) is 5.68. The Morgan fingerprint density at radius 3 is 2.56 bits per heavy atom. The first-order valence-corrected chi connectivity index (χ1v) is 5.68. The average molecular weight is 246 g/mol. The SMILES string of the molecule is Cc1nn(C)c(C)c1/C=C\C(=O)NC(C)(C)C#N. The fourth-order valence-electron chi connectivity index (χ4n) is 1.57. The lowest BCUT2D eigenvalue weighted by molar-refractivity contribution is -0.117. The van der Waals surface area contributed by atoms with Gasteiger partial charge in [-0.15, -0.1) is 0 Å². The van der Waals surface area contributed by atoms with Gasteiger partial charge < -0.3 is 5.32 Å². The summed E-state index contributed by atoms with van der Waals surface area (Å²) in [7, 11) is 1.86. The van der Waals surface area contributed by atoms with Gasteiger partial charge in [-0.2, -0.15) is 10.4 Å². The third-order valence-corrected chi connectivity index (χ3v) is 2.68. The van der Waals surface area contributed by atoms with Gasteiger partial charge in [0.05, 0.1) is 11.8 Å². The van der Waals surface area contributed by atoms with E-state index in [4.69, 9.17) is 5.26 Å². The predicted molar refractivity (Wildman–Crippen MR) is 69.6 cm³/mol. The molecule has 1 aromatic rings. The number of rotatable bonds is 3. The van der Waals surface area contributed by atoms with Crippen molar-refractivity contribution in [1.29, 1.82) is 5.26 Å². The minimum atomic E-state index is -0.861. The number of amides is 1. The van der Waals surface area contributed by atoms with Gasteiger partial charge in [-0.05, 0) is 33.8 Å². The van der Waals surface area contributed by atoms with Crippen LogP contribution in [-0.4, -0.2) is 21.2 Å². The standard InChI is InChI=1S/C13H18N4O/c1-9-11(10(2)17(5)16-9)6-7-12(18)15-13(3,4)8-14/h6-7H,1-5H3,(H,15,18)/b7-6-.